The van der Waals surface area contributed by atoms with E-state index >= 15 is 0 Å². The van der Waals surface area contributed by atoms with E-state index in [0.29, 0.717) is 34.0 Å². The van der Waals surface area contributed by atoms with Crippen molar-refractivity contribution >= 4 is 28.7 Å². The molecule has 0 aliphatic carbocycles. The summed E-state index contributed by atoms with van der Waals surface area (Å²) in [5.74, 6) is 0.336. The van der Waals surface area contributed by atoms with E-state index in [1.54, 1.807) is 42.5 Å². The molecule has 0 aliphatic heterocycles. The molecular weight excluding hydrogens is 324 g/mol. The Morgan fingerprint density at radius 1 is 1.16 bits per heavy atom. The van der Waals surface area contributed by atoms with Gasteiger partial charge < -0.3 is 19.2 Å². The molecule has 0 saturated carbocycles. The van der Waals surface area contributed by atoms with Crippen LogP contribution >= 0.6 is 0 Å². The Morgan fingerprint density at radius 3 is 2.60 bits per heavy atom. The predicted molar refractivity (Wildman–Crippen MR) is 90.4 cm³/mol. The topological polar surface area (TPSA) is 90.7 Å². The Bertz CT molecular complexity index is 915. The average molecular weight is 340 g/mol. The number of amides is 1. The number of ether oxygens (including phenoxy) is 2. The number of esters is 1. The SMILES string of the molecule is COC(=O)c1cccc2oc(COc3ccc(NC(C)=O)cc3)nc12. The van der Waals surface area contributed by atoms with E-state index in [0.717, 1.165) is 0 Å². The molecule has 1 aromatic heterocycles. The maximum absolute atomic E-state index is 11.8. The summed E-state index contributed by atoms with van der Waals surface area (Å²) in [6.45, 7) is 1.55. The molecule has 7 heteroatoms. The molecule has 0 saturated heterocycles. The van der Waals surface area contributed by atoms with E-state index in [1.807, 2.05) is 0 Å². The van der Waals surface area contributed by atoms with Crippen molar-refractivity contribution in [3.05, 3.63) is 53.9 Å². The van der Waals surface area contributed by atoms with Crippen LogP contribution in [-0.4, -0.2) is 24.0 Å². The van der Waals surface area contributed by atoms with Crippen molar-refractivity contribution in [2.75, 3.05) is 12.4 Å². The molecule has 3 rings (SSSR count). The number of fused-ring (bicyclic) bond motifs is 1. The van der Waals surface area contributed by atoms with Crippen LogP contribution in [-0.2, 0) is 16.1 Å². The lowest BCUT2D eigenvalue weighted by Crippen LogP contribution is -2.05. The Balaban J connectivity index is 1.73. The Morgan fingerprint density at radius 2 is 1.92 bits per heavy atom. The number of carbonyl (C=O) groups excluding carboxylic acids is 2. The van der Waals surface area contributed by atoms with Gasteiger partial charge in [0.2, 0.25) is 11.8 Å². The summed E-state index contributed by atoms with van der Waals surface area (Å²) >= 11 is 0. The fourth-order valence-corrected chi connectivity index (χ4v) is 2.31. The quantitative estimate of drug-likeness (QED) is 0.718. The first-order chi connectivity index (χ1) is 12.1. The van der Waals surface area contributed by atoms with Crippen LogP contribution in [0.5, 0.6) is 5.75 Å². The molecule has 1 heterocycles. The maximum atomic E-state index is 11.8. The predicted octanol–water partition coefficient (Wildman–Crippen LogP) is 3.15. The minimum Gasteiger partial charge on any atom is -0.484 e. The maximum Gasteiger partial charge on any atom is 0.340 e. The molecule has 25 heavy (non-hydrogen) atoms. The number of anilines is 1. The van der Waals surface area contributed by atoms with Gasteiger partial charge in [0.25, 0.3) is 0 Å². The van der Waals surface area contributed by atoms with Crippen molar-refractivity contribution in [3.8, 4) is 5.75 Å². The summed E-state index contributed by atoms with van der Waals surface area (Å²) in [5.41, 5.74) is 1.95. The summed E-state index contributed by atoms with van der Waals surface area (Å²) in [5, 5.41) is 2.68. The van der Waals surface area contributed by atoms with Crippen LogP contribution in [0.15, 0.2) is 46.9 Å². The standard InChI is InChI=1S/C18H16N2O5/c1-11(21)19-12-6-8-13(9-7-12)24-10-16-20-17-14(18(22)23-2)4-3-5-15(17)25-16/h3-9H,10H2,1-2H3,(H,19,21). The number of oxazole rings is 1. The van der Waals surface area contributed by atoms with Gasteiger partial charge in [0.1, 0.15) is 11.3 Å². The van der Waals surface area contributed by atoms with Crippen molar-refractivity contribution in [2.24, 2.45) is 0 Å². The first kappa shape index (κ1) is 16.5. The lowest BCUT2D eigenvalue weighted by molar-refractivity contribution is -0.114. The molecule has 0 spiro atoms. The highest BCUT2D eigenvalue weighted by molar-refractivity contribution is 6.01. The number of aromatic nitrogens is 1. The number of hydrogen-bond donors (Lipinski definition) is 1. The summed E-state index contributed by atoms with van der Waals surface area (Å²) < 4.78 is 16.0. The third-order valence-electron chi connectivity index (χ3n) is 3.41. The highest BCUT2D eigenvalue weighted by atomic mass is 16.5. The van der Waals surface area contributed by atoms with Crippen LogP contribution in [0.4, 0.5) is 5.69 Å². The number of carbonyl (C=O) groups is 2. The van der Waals surface area contributed by atoms with Gasteiger partial charge in [-0.1, -0.05) is 6.07 Å². The van der Waals surface area contributed by atoms with Crippen LogP contribution < -0.4 is 10.1 Å². The van der Waals surface area contributed by atoms with E-state index in [-0.39, 0.29) is 12.5 Å². The van der Waals surface area contributed by atoms with Crippen molar-refractivity contribution in [2.45, 2.75) is 13.5 Å². The van der Waals surface area contributed by atoms with Gasteiger partial charge in [-0.05, 0) is 36.4 Å². The number of para-hydroxylation sites is 1. The minimum absolute atomic E-state index is 0.106. The third kappa shape index (κ3) is 3.77. The largest absolute Gasteiger partial charge is 0.484 e. The van der Waals surface area contributed by atoms with E-state index in [9.17, 15) is 9.59 Å². The fourth-order valence-electron chi connectivity index (χ4n) is 2.31. The van der Waals surface area contributed by atoms with Crippen molar-refractivity contribution in [3.63, 3.8) is 0 Å². The van der Waals surface area contributed by atoms with Gasteiger partial charge in [0, 0.05) is 12.6 Å². The zero-order chi connectivity index (χ0) is 17.8. The highest BCUT2D eigenvalue weighted by Crippen LogP contribution is 2.22. The lowest BCUT2D eigenvalue weighted by atomic mass is 10.2. The summed E-state index contributed by atoms with van der Waals surface area (Å²) in [6.07, 6.45) is 0. The second kappa shape index (κ2) is 7.04. The fraction of sp³-hybridized carbons (Fsp3) is 0.167. The molecule has 1 N–H and O–H groups in total. The van der Waals surface area contributed by atoms with Crippen LogP contribution in [0.2, 0.25) is 0 Å². The molecule has 2 aromatic carbocycles. The second-order valence-corrected chi connectivity index (χ2v) is 5.25. The molecule has 0 fully saturated rings. The Labute approximate surface area is 143 Å². The monoisotopic (exact) mass is 340 g/mol. The van der Waals surface area contributed by atoms with Gasteiger partial charge >= 0.3 is 5.97 Å². The van der Waals surface area contributed by atoms with Crippen LogP contribution in [0.25, 0.3) is 11.1 Å². The first-order valence-electron chi connectivity index (χ1n) is 7.54. The van der Waals surface area contributed by atoms with Gasteiger partial charge in [-0.2, -0.15) is 0 Å². The van der Waals surface area contributed by atoms with Crippen molar-refractivity contribution in [1.82, 2.24) is 4.98 Å². The molecule has 0 unspecified atom stereocenters. The normalized spacial score (nSPS) is 10.5. The van der Waals surface area contributed by atoms with Crippen LogP contribution in [0, 0.1) is 0 Å². The molecule has 3 aromatic rings. The molecular formula is C18H16N2O5. The highest BCUT2D eigenvalue weighted by Gasteiger charge is 2.15. The molecule has 128 valence electrons. The van der Waals surface area contributed by atoms with Gasteiger partial charge in [-0.25, -0.2) is 9.78 Å². The molecule has 0 aliphatic rings. The zero-order valence-electron chi connectivity index (χ0n) is 13.7. The van der Waals surface area contributed by atoms with E-state index < -0.39 is 5.97 Å². The number of methoxy groups -OCH3 is 1. The van der Waals surface area contributed by atoms with E-state index in [4.69, 9.17) is 13.9 Å². The summed E-state index contributed by atoms with van der Waals surface area (Å²) in [4.78, 5) is 27.1. The third-order valence-corrected chi connectivity index (χ3v) is 3.41. The van der Waals surface area contributed by atoms with Crippen molar-refractivity contribution < 1.29 is 23.5 Å². The number of rotatable bonds is 5. The Hall–Kier alpha value is -3.35. The van der Waals surface area contributed by atoms with Crippen molar-refractivity contribution in [1.29, 1.82) is 0 Å². The zero-order valence-corrected chi connectivity index (χ0v) is 13.7. The lowest BCUT2D eigenvalue weighted by Gasteiger charge is -2.05. The average Bonchev–Trinajstić information content (AvgIpc) is 3.03. The molecule has 1 amide bonds. The summed E-state index contributed by atoms with van der Waals surface area (Å²) in [7, 11) is 1.32. The number of nitrogens with one attached hydrogen (secondary N) is 1. The van der Waals surface area contributed by atoms with Gasteiger partial charge in [0.15, 0.2) is 12.2 Å². The number of hydrogen-bond acceptors (Lipinski definition) is 6. The number of nitrogens with zero attached hydrogens (tertiary/aromatic N) is 1. The smallest absolute Gasteiger partial charge is 0.340 e. The van der Waals surface area contributed by atoms with Crippen LogP contribution in [0.3, 0.4) is 0 Å². The first-order valence-corrected chi connectivity index (χ1v) is 7.54. The molecule has 0 bridgehead atoms. The van der Waals surface area contributed by atoms with E-state index in [2.05, 4.69) is 10.3 Å². The minimum atomic E-state index is -0.472. The second-order valence-electron chi connectivity index (χ2n) is 5.25. The molecule has 7 nitrogen and oxygen atoms in total. The van der Waals surface area contributed by atoms with Gasteiger partial charge in [-0.15, -0.1) is 0 Å². The summed E-state index contributed by atoms with van der Waals surface area (Å²) in [6, 6.07) is 12.0. The van der Waals surface area contributed by atoms with Crippen LogP contribution in [0.1, 0.15) is 23.2 Å². The Kier molecular flexibility index (Phi) is 4.65. The van der Waals surface area contributed by atoms with Gasteiger partial charge in [-0.3, -0.25) is 4.79 Å². The van der Waals surface area contributed by atoms with E-state index in [1.165, 1.54) is 14.0 Å². The van der Waals surface area contributed by atoms with Gasteiger partial charge in [0.05, 0.1) is 12.7 Å². The molecule has 0 radical (unpaired) electrons. The number of benzene rings is 2. The molecule has 0 atom stereocenters.